The number of amides is 1. The van der Waals surface area contributed by atoms with E-state index in [0.29, 0.717) is 0 Å². The monoisotopic (exact) mass is 239 g/mol. The molecule has 0 aromatic heterocycles. The summed E-state index contributed by atoms with van der Waals surface area (Å²) < 4.78 is 5.89. The van der Waals surface area contributed by atoms with Gasteiger partial charge in [-0.15, -0.1) is 0 Å². The number of anilines is 1. The fraction of sp³-hybridized carbons (Fsp3) is 0.133. The molecular formula is C15H13NO2. The largest absolute Gasteiger partial charge is 0.482 e. The molecule has 1 amide bonds. The van der Waals surface area contributed by atoms with Crippen LogP contribution in [-0.4, -0.2) is 18.1 Å². The Bertz CT molecular complexity index is 559. The van der Waals surface area contributed by atoms with Crippen LogP contribution in [0.15, 0.2) is 61.2 Å². The smallest absolute Gasteiger partial charge is 0.251 e. The van der Waals surface area contributed by atoms with Gasteiger partial charge in [0.15, 0.2) is 0 Å². The van der Waals surface area contributed by atoms with Crippen LogP contribution in [0.2, 0.25) is 0 Å². The average molecular weight is 239 g/mol. The molecule has 1 aliphatic carbocycles. The second-order valence-corrected chi connectivity index (χ2v) is 4.22. The Balaban J connectivity index is 2.12. The highest BCUT2D eigenvalue weighted by atomic mass is 16.5. The summed E-state index contributed by atoms with van der Waals surface area (Å²) in [6, 6.07) is 7.46. The first kappa shape index (κ1) is 10.8. The number of hydrogen-bond donors (Lipinski definition) is 0. The van der Waals surface area contributed by atoms with Gasteiger partial charge in [-0.2, -0.15) is 0 Å². The quantitative estimate of drug-likeness (QED) is 0.704. The second-order valence-electron chi connectivity index (χ2n) is 4.22. The van der Waals surface area contributed by atoms with E-state index in [1.807, 2.05) is 48.6 Å². The van der Waals surface area contributed by atoms with Crippen LogP contribution < -0.4 is 9.64 Å². The van der Waals surface area contributed by atoms with Crippen LogP contribution in [0.5, 0.6) is 5.75 Å². The van der Waals surface area contributed by atoms with E-state index in [-0.39, 0.29) is 18.1 Å². The van der Waals surface area contributed by atoms with E-state index in [0.717, 1.165) is 11.4 Å². The van der Waals surface area contributed by atoms with Crippen molar-refractivity contribution < 1.29 is 9.53 Å². The maximum absolute atomic E-state index is 12.1. The van der Waals surface area contributed by atoms with Crippen LogP contribution in [0.4, 0.5) is 5.69 Å². The molecular weight excluding hydrogens is 226 g/mol. The molecule has 2 atom stereocenters. The Morgan fingerprint density at radius 2 is 2.06 bits per heavy atom. The molecule has 0 fully saturated rings. The van der Waals surface area contributed by atoms with Gasteiger partial charge in [-0.05, 0) is 24.3 Å². The second kappa shape index (κ2) is 4.18. The van der Waals surface area contributed by atoms with Crippen LogP contribution in [0.25, 0.3) is 0 Å². The number of rotatable bonds is 1. The average Bonchev–Trinajstić information content (AvgIpc) is 2.44. The number of benzene rings is 1. The van der Waals surface area contributed by atoms with Gasteiger partial charge in [0.1, 0.15) is 11.9 Å². The normalized spacial score (nSPS) is 23.9. The summed E-state index contributed by atoms with van der Waals surface area (Å²) in [6.07, 6.45) is 9.01. The molecule has 0 radical (unpaired) electrons. The van der Waals surface area contributed by atoms with Crippen molar-refractivity contribution in [2.75, 3.05) is 4.90 Å². The zero-order valence-electron chi connectivity index (χ0n) is 9.82. The number of para-hydroxylation sites is 2. The Kier molecular flexibility index (Phi) is 2.52. The van der Waals surface area contributed by atoms with Crippen molar-refractivity contribution in [2.24, 2.45) is 0 Å². The molecule has 1 aromatic rings. The fourth-order valence-electron chi connectivity index (χ4n) is 2.34. The molecule has 0 bridgehead atoms. The van der Waals surface area contributed by atoms with Crippen LogP contribution >= 0.6 is 0 Å². The Morgan fingerprint density at radius 3 is 2.89 bits per heavy atom. The van der Waals surface area contributed by atoms with Crippen molar-refractivity contribution in [1.82, 2.24) is 0 Å². The molecule has 3 nitrogen and oxygen atoms in total. The van der Waals surface area contributed by atoms with Crippen molar-refractivity contribution >= 4 is 11.6 Å². The van der Waals surface area contributed by atoms with Gasteiger partial charge in [-0.3, -0.25) is 9.69 Å². The first-order chi connectivity index (χ1) is 8.81. The van der Waals surface area contributed by atoms with Crippen molar-refractivity contribution in [3.8, 4) is 5.75 Å². The van der Waals surface area contributed by atoms with Gasteiger partial charge in [-0.25, -0.2) is 0 Å². The molecule has 90 valence electrons. The van der Waals surface area contributed by atoms with Gasteiger partial charge < -0.3 is 4.74 Å². The molecule has 18 heavy (non-hydrogen) atoms. The highest BCUT2D eigenvalue weighted by molar-refractivity contribution is 6.03. The number of carbonyl (C=O) groups is 1. The molecule has 1 heterocycles. The van der Waals surface area contributed by atoms with E-state index in [2.05, 4.69) is 6.58 Å². The SMILES string of the molecule is C=CC(=O)N1c2ccccc2OC2C=CC=CC21. The minimum atomic E-state index is -0.131. The Labute approximate surface area is 106 Å². The molecule has 0 saturated carbocycles. The van der Waals surface area contributed by atoms with Crippen molar-refractivity contribution in [1.29, 1.82) is 0 Å². The summed E-state index contributed by atoms with van der Waals surface area (Å²) in [7, 11) is 0. The van der Waals surface area contributed by atoms with Gasteiger partial charge in [-0.1, -0.05) is 36.9 Å². The van der Waals surface area contributed by atoms with Crippen molar-refractivity contribution in [3.05, 3.63) is 61.2 Å². The first-order valence-corrected chi connectivity index (χ1v) is 5.87. The predicted molar refractivity (Wildman–Crippen MR) is 70.6 cm³/mol. The van der Waals surface area contributed by atoms with E-state index >= 15 is 0 Å². The summed E-state index contributed by atoms with van der Waals surface area (Å²) in [4.78, 5) is 13.8. The van der Waals surface area contributed by atoms with Crippen LogP contribution in [0.3, 0.4) is 0 Å². The zero-order chi connectivity index (χ0) is 12.5. The molecule has 0 spiro atoms. The molecule has 2 aliphatic rings. The lowest BCUT2D eigenvalue weighted by Crippen LogP contribution is -2.50. The van der Waals surface area contributed by atoms with Gasteiger partial charge in [0.2, 0.25) is 0 Å². The summed E-state index contributed by atoms with van der Waals surface area (Å²) in [6.45, 7) is 3.57. The van der Waals surface area contributed by atoms with E-state index in [4.69, 9.17) is 4.74 Å². The van der Waals surface area contributed by atoms with Gasteiger partial charge in [0.25, 0.3) is 5.91 Å². The highest BCUT2D eigenvalue weighted by Crippen LogP contribution is 2.37. The predicted octanol–water partition coefficient (Wildman–Crippen LogP) is 2.46. The number of fused-ring (bicyclic) bond motifs is 2. The lowest BCUT2D eigenvalue weighted by molar-refractivity contribution is -0.115. The standard InChI is InChI=1S/C15H13NO2/c1-2-15(17)16-11-7-3-5-9-13(11)18-14-10-6-4-8-12(14)16/h2-11,13H,1H2. The summed E-state index contributed by atoms with van der Waals surface area (Å²) >= 11 is 0. The number of hydrogen-bond acceptors (Lipinski definition) is 2. The fourth-order valence-corrected chi connectivity index (χ4v) is 2.34. The molecule has 0 N–H and O–H groups in total. The van der Waals surface area contributed by atoms with Crippen LogP contribution in [-0.2, 0) is 4.79 Å². The van der Waals surface area contributed by atoms with Gasteiger partial charge in [0, 0.05) is 0 Å². The minimum absolute atomic E-state index is 0.101. The van der Waals surface area contributed by atoms with Crippen molar-refractivity contribution in [3.63, 3.8) is 0 Å². The maximum atomic E-state index is 12.1. The lowest BCUT2D eigenvalue weighted by Gasteiger charge is -2.40. The van der Waals surface area contributed by atoms with E-state index in [1.165, 1.54) is 6.08 Å². The summed E-state index contributed by atoms with van der Waals surface area (Å²) in [5, 5.41) is 0. The van der Waals surface area contributed by atoms with E-state index in [1.54, 1.807) is 4.90 Å². The van der Waals surface area contributed by atoms with Gasteiger partial charge >= 0.3 is 0 Å². The first-order valence-electron chi connectivity index (χ1n) is 5.87. The molecule has 2 unspecified atom stereocenters. The number of allylic oxidation sites excluding steroid dienone is 2. The topological polar surface area (TPSA) is 29.5 Å². The molecule has 0 saturated heterocycles. The van der Waals surface area contributed by atoms with Crippen LogP contribution in [0, 0.1) is 0 Å². The van der Waals surface area contributed by atoms with Gasteiger partial charge in [0.05, 0.1) is 11.7 Å². The number of carbonyl (C=O) groups excluding carboxylic acids is 1. The molecule has 1 aromatic carbocycles. The van der Waals surface area contributed by atoms with E-state index < -0.39 is 0 Å². The zero-order valence-corrected chi connectivity index (χ0v) is 9.82. The number of ether oxygens (including phenoxy) is 1. The molecule has 3 rings (SSSR count). The maximum Gasteiger partial charge on any atom is 0.251 e. The Morgan fingerprint density at radius 1 is 1.28 bits per heavy atom. The number of nitrogens with zero attached hydrogens (tertiary/aromatic N) is 1. The molecule has 1 aliphatic heterocycles. The minimum Gasteiger partial charge on any atom is -0.482 e. The highest BCUT2D eigenvalue weighted by Gasteiger charge is 2.36. The molecule has 3 heteroatoms. The summed E-state index contributed by atoms with van der Waals surface area (Å²) in [5.41, 5.74) is 0.795. The third-order valence-corrected chi connectivity index (χ3v) is 3.15. The Hall–Kier alpha value is -2.29. The van der Waals surface area contributed by atoms with Crippen LogP contribution in [0.1, 0.15) is 0 Å². The lowest BCUT2D eigenvalue weighted by atomic mass is 10.00. The third kappa shape index (κ3) is 1.56. The van der Waals surface area contributed by atoms with E-state index in [9.17, 15) is 4.79 Å². The summed E-state index contributed by atoms with van der Waals surface area (Å²) in [5.74, 6) is 0.620. The van der Waals surface area contributed by atoms with Crippen molar-refractivity contribution in [2.45, 2.75) is 12.1 Å². The third-order valence-electron chi connectivity index (χ3n) is 3.15.